The fourth-order valence-corrected chi connectivity index (χ4v) is 3.57. The Balaban J connectivity index is 1.78. The average Bonchev–Trinajstić information content (AvgIpc) is 3.35. The maximum Gasteiger partial charge on any atom is 0.379 e. The molecule has 0 unspecified atom stereocenters. The highest BCUT2D eigenvalue weighted by Crippen LogP contribution is 2.35. The molecule has 3 rings (SSSR count). The number of thioether (sulfide) groups is 1. The summed E-state index contributed by atoms with van der Waals surface area (Å²) >= 11 is 0.722. The van der Waals surface area contributed by atoms with E-state index in [0.29, 0.717) is 12.2 Å². The Morgan fingerprint density at radius 3 is 2.62 bits per heavy atom. The molecule has 32 heavy (non-hydrogen) atoms. The fourth-order valence-electron chi connectivity index (χ4n) is 2.73. The molecule has 2 aromatic rings. The van der Waals surface area contributed by atoms with Gasteiger partial charge in [-0.15, -0.1) is 0 Å². The second kappa shape index (κ2) is 10.2. The lowest BCUT2D eigenvalue weighted by Crippen LogP contribution is -2.35. The molecule has 0 spiro atoms. The summed E-state index contributed by atoms with van der Waals surface area (Å²) in [5.74, 6) is -1.44. The molecule has 1 aromatic carbocycles. The van der Waals surface area contributed by atoms with Gasteiger partial charge in [-0.05, 0) is 68.4 Å². The van der Waals surface area contributed by atoms with E-state index in [1.165, 1.54) is 24.5 Å². The number of imide groups is 1. The molecule has 0 atom stereocenters. The summed E-state index contributed by atoms with van der Waals surface area (Å²) in [6, 6.07) is 7.74. The molecule has 9 nitrogen and oxygen atoms in total. The predicted octanol–water partition coefficient (Wildman–Crippen LogP) is 3.89. The summed E-state index contributed by atoms with van der Waals surface area (Å²) in [6.45, 7) is 4.98. The maximum atomic E-state index is 12.6. The fraction of sp³-hybridized carbons (Fsp3) is 0.273. The van der Waals surface area contributed by atoms with Crippen molar-refractivity contribution in [2.24, 2.45) is 0 Å². The molecule has 1 fully saturated rings. The molecule has 1 saturated heterocycles. The molecule has 1 aliphatic heterocycles. The van der Waals surface area contributed by atoms with Crippen molar-refractivity contribution in [1.82, 2.24) is 4.90 Å². The second-order valence-electron chi connectivity index (χ2n) is 6.81. The molecule has 0 bridgehead atoms. The first-order valence-electron chi connectivity index (χ1n) is 9.75. The molecule has 1 aromatic heterocycles. The van der Waals surface area contributed by atoms with Crippen LogP contribution in [-0.4, -0.2) is 47.2 Å². The van der Waals surface area contributed by atoms with Crippen LogP contribution in [0.3, 0.4) is 0 Å². The number of hydrogen-bond acceptors (Lipinski definition) is 9. The molecule has 0 radical (unpaired) electrons. The van der Waals surface area contributed by atoms with E-state index in [4.69, 9.17) is 18.6 Å². The number of ether oxygens (including phenoxy) is 3. The Morgan fingerprint density at radius 2 is 1.97 bits per heavy atom. The van der Waals surface area contributed by atoms with Gasteiger partial charge in [-0.25, -0.2) is 4.79 Å². The third kappa shape index (κ3) is 5.58. The van der Waals surface area contributed by atoms with Crippen molar-refractivity contribution in [3.8, 4) is 11.5 Å². The summed E-state index contributed by atoms with van der Waals surface area (Å²) in [5, 5.41) is -0.559. The number of rotatable bonds is 8. The van der Waals surface area contributed by atoms with Gasteiger partial charge in [-0.1, -0.05) is 6.07 Å². The smallest absolute Gasteiger partial charge is 0.379 e. The van der Waals surface area contributed by atoms with Crippen molar-refractivity contribution in [1.29, 1.82) is 0 Å². The van der Waals surface area contributed by atoms with Gasteiger partial charge in [0.1, 0.15) is 6.54 Å². The van der Waals surface area contributed by atoms with Crippen LogP contribution in [0.25, 0.3) is 6.08 Å². The van der Waals surface area contributed by atoms with Crippen molar-refractivity contribution in [3.63, 3.8) is 0 Å². The van der Waals surface area contributed by atoms with Crippen LogP contribution in [0.2, 0.25) is 0 Å². The first-order chi connectivity index (χ1) is 15.3. The monoisotopic (exact) mass is 459 g/mol. The van der Waals surface area contributed by atoms with Gasteiger partial charge in [0.05, 0.1) is 23.9 Å². The van der Waals surface area contributed by atoms with Gasteiger partial charge in [-0.2, -0.15) is 0 Å². The van der Waals surface area contributed by atoms with Crippen molar-refractivity contribution < 1.29 is 37.8 Å². The number of furan rings is 1. The van der Waals surface area contributed by atoms with Gasteiger partial charge in [0.15, 0.2) is 11.5 Å². The van der Waals surface area contributed by atoms with Crippen molar-refractivity contribution in [3.05, 3.63) is 52.8 Å². The second-order valence-corrected chi connectivity index (χ2v) is 7.81. The summed E-state index contributed by atoms with van der Waals surface area (Å²) in [7, 11) is 0. The first kappa shape index (κ1) is 23.1. The van der Waals surface area contributed by atoms with E-state index in [0.717, 1.165) is 16.7 Å². The van der Waals surface area contributed by atoms with Crippen LogP contribution < -0.4 is 9.47 Å². The lowest BCUT2D eigenvalue weighted by atomic mass is 10.2. The topological polar surface area (TPSA) is 112 Å². The van der Waals surface area contributed by atoms with Gasteiger partial charge >= 0.3 is 11.9 Å². The predicted molar refractivity (Wildman–Crippen MR) is 115 cm³/mol. The van der Waals surface area contributed by atoms with Gasteiger partial charge in [-0.3, -0.25) is 19.3 Å². The molecule has 1 aliphatic rings. The van der Waals surface area contributed by atoms with Crippen LogP contribution in [-0.2, 0) is 14.3 Å². The number of benzene rings is 1. The minimum Gasteiger partial charge on any atom is -0.490 e. The van der Waals surface area contributed by atoms with E-state index >= 15 is 0 Å². The Kier molecular flexibility index (Phi) is 7.37. The van der Waals surface area contributed by atoms with Crippen molar-refractivity contribution >= 4 is 40.9 Å². The highest BCUT2D eigenvalue weighted by atomic mass is 32.2. The normalized spacial score (nSPS) is 14.9. The standard InChI is InChI=1S/C22H21NO8S/c1-4-28-17-10-14(7-8-15(17)31-21(26)16-6-5-9-29-16)11-18-20(25)23(22(27)32-18)12-19(24)30-13(2)3/h5-11,13H,4,12H2,1-3H3/b18-11-. The molecule has 168 valence electrons. The van der Waals surface area contributed by atoms with Crippen LogP contribution in [0.1, 0.15) is 36.9 Å². The molecule has 10 heteroatoms. The quantitative estimate of drug-likeness (QED) is 0.330. The average molecular weight is 459 g/mol. The van der Waals surface area contributed by atoms with E-state index in [-0.39, 0.29) is 28.3 Å². The number of carbonyl (C=O) groups is 4. The Hall–Kier alpha value is -3.53. The van der Waals surface area contributed by atoms with E-state index in [2.05, 4.69) is 0 Å². The van der Waals surface area contributed by atoms with Crippen LogP contribution in [0.15, 0.2) is 45.9 Å². The zero-order chi connectivity index (χ0) is 23.3. The molecular weight excluding hydrogens is 438 g/mol. The lowest BCUT2D eigenvalue weighted by Gasteiger charge is -2.13. The van der Waals surface area contributed by atoms with Gasteiger partial charge in [0.25, 0.3) is 11.1 Å². The van der Waals surface area contributed by atoms with Gasteiger partial charge in [0.2, 0.25) is 5.76 Å². The Morgan fingerprint density at radius 1 is 1.19 bits per heavy atom. The van der Waals surface area contributed by atoms with Gasteiger partial charge in [0, 0.05) is 0 Å². The van der Waals surface area contributed by atoms with Crippen molar-refractivity contribution in [2.45, 2.75) is 26.9 Å². The van der Waals surface area contributed by atoms with E-state index in [9.17, 15) is 19.2 Å². The van der Waals surface area contributed by atoms with E-state index in [1.54, 1.807) is 39.0 Å². The first-order valence-corrected chi connectivity index (χ1v) is 10.6. The number of carbonyl (C=O) groups excluding carboxylic acids is 4. The minimum absolute atomic E-state index is 0.0428. The number of esters is 2. The number of hydrogen-bond donors (Lipinski definition) is 0. The summed E-state index contributed by atoms with van der Waals surface area (Å²) in [4.78, 5) is 49.8. The molecule has 0 aliphatic carbocycles. The number of amides is 2. The zero-order valence-electron chi connectivity index (χ0n) is 17.7. The van der Waals surface area contributed by atoms with Gasteiger partial charge < -0.3 is 18.6 Å². The third-order valence-electron chi connectivity index (χ3n) is 4.02. The molecule has 2 amide bonds. The molecule has 0 N–H and O–H groups in total. The molecule has 0 saturated carbocycles. The summed E-state index contributed by atoms with van der Waals surface area (Å²) < 4.78 is 20.9. The highest BCUT2D eigenvalue weighted by molar-refractivity contribution is 8.18. The molecular formula is C22H21NO8S. The maximum absolute atomic E-state index is 12.6. The Bertz CT molecular complexity index is 1060. The number of nitrogens with zero attached hydrogens (tertiary/aromatic N) is 1. The summed E-state index contributed by atoms with van der Waals surface area (Å²) in [6.07, 6.45) is 2.51. The molecule has 2 heterocycles. The largest absolute Gasteiger partial charge is 0.490 e. The van der Waals surface area contributed by atoms with Crippen LogP contribution in [0, 0.1) is 0 Å². The summed E-state index contributed by atoms with van der Waals surface area (Å²) in [5.41, 5.74) is 0.543. The highest BCUT2D eigenvalue weighted by Gasteiger charge is 2.36. The van der Waals surface area contributed by atoms with Crippen molar-refractivity contribution in [2.75, 3.05) is 13.2 Å². The van der Waals surface area contributed by atoms with E-state index in [1.807, 2.05) is 0 Å². The van der Waals surface area contributed by atoms with Crippen LogP contribution in [0.4, 0.5) is 4.79 Å². The van der Waals surface area contributed by atoms with Crippen LogP contribution in [0.5, 0.6) is 11.5 Å². The SMILES string of the molecule is CCOc1cc(/C=C2\SC(=O)N(CC(=O)OC(C)C)C2=O)ccc1OC(=O)c1ccco1. The lowest BCUT2D eigenvalue weighted by molar-refractivity contribution is -0.149. The zero-order valence-corrected chi connectivity index (χ0v) is 18.5. The Labute approximate surface area is 188 Å². The third-order valence-corrected chi connectivity index (χ3v) is 4.93. The van der Waals surface area contributed by atoms with E-state index < -0.39 is 29.6 Å². The van der Waals surface area contributed by atoms with Crippen LogP contribution >= 0.6 is 11.8 Å². The minimum atomic E-state index is -0.682.